The number of hydrogen-bond donors (Lipinski definition) is 2. The van der Waals surface area contributed by atoms with Crippen LogP contribution in [0.4, 0.5) is 4.39 Å². The quantitative estimate of drug-likeness (QED) is 0.883. The van der Waals surface area contributed by atoms with Gasteiger partial charge in [-0.25, -0.2) is 17.5 Å². The van der Waals surface area contributed by atoms with E-state index in [-0.39, 0.29) is 17.5 Å². The van der Waals surface area contributed by atoms with Crippen LogP contribution in [-0.2, 0) is 16.6 Å². The molecule has 0 aromatic heterocycles. The van der Waals surface area contributed by atoms with Gasteiger partial charge in [-0.3, -0.25) is 0 Å². The van der Waals surface area contributed by atoms with Crippen LogP contribution < -0.4 is 10.5 Å². The van der Waals surface area contributed by atoms with Crippen LogP contribution in [0.2, 0.25) is 0 Å². The molecule has 7 heteroatoms. The van der Waals surface area contributed by atoms with Crippen LogP contribution in [0.3, 0.4) is 0 Å². The number of benzene rings is 1. The van der Waals surface area contributed by atoms with E-state index in [4.69, 9.17) is 5.73 Å². The van der Waals surface area contributed by atoms with Crippen LogP contribution in [0.5, 0.6) is 0 Å². The lowest BCUT2D eigenvalue weighted by atomic mass is 10.2. The second-order valence-electron chi connectivity index (χ2n) is 4.48. The van der Waals surface area contributed by atoms with Gasteiger partial charge in [0.05, 0.1) is 0 Å². The summed E-state index contributed by atoms with van der Waals surface area (Å²) in [6, 6.07) is 3.89. The Balaban J connectivity index is 2.18. The normalized spacial score (nSPS) is 17.6. The van der Waals surface area contributed by atoms with Crippen LogP contribution >= 0.6 is 11.8 Å². The van der Waals surface area contributed by atoms with Crippen LogP contribution in [0, 0.1) is 5.82 Å². The first-order valence-electron chi connectivity index (χ1n) is 6.11. The van der Waals surface area contributed by atoms with Gasteiger partial charge in [-0.05, 0) is 42.0 Å². The molecule has 1 aromatic carbocycles. The first-order chi connectivity index (χ1) is 9.03. The van der Waals surface area contributed by atoms with Crippen molar-refractivity contribution in [2.75, 3.05) is 11.5 Å². The molecule has 1 saturated heterocycles. The Kier molecular flexibility index (Phi) is 4.83. The lowest BCUT2D eigenvalue weighted by Crippen LogP contribution is -2.37. The van der Waals surface area contributed by atoms with Crippen molar-refractivity contribution >= 4 is 21.8 Å². The highest BCUT2D eigenvalue weighted by Crippen LogP contribution is 2.21. The summed E-state index contributed by atoms with van der Waals surface area (Å²) in [6.07, 6.45) is 1.57. The number of nitrogens with one attached hydrogen (secondary N) is 1. The molecule has 2 rings (SSSR count). The third-order valence-electron chi connectivity index (χ3n) is 3.06. The Morgan fingerprint density at radius 3 is 2.63 bits per heavy atom. The van der Waals surface area contributed by atoms with Crippen molar-refractivity contribution in [1.29, 1.82) is 0 Å². The van der Waals surface area contributed by atoms with Gasteiger partial charge in [0.1, 0.15) is 10.7 Å². The van der Waals surface area contributed by atoms with Crippen LogP contribution in [0.1, 0.15) is 18.4 Å². The Bertz CT molecular complexity index is 543. The lowest BCUT2D eigenvalue weighted by molar-refractivity contribution is 0.519. The molecule has 0 atom stereocenters. The number of nitrogens with two attached hydrogens (primary N) is 1. The van der Waals surface area contributed by atoms with Gasteiger partial charge >= 0.3 is 0 Å². The molecule has 3 N–H and O–H groups in total. The van der Waals surface area contributed by atoms with Crippen molar-refractivity contribution in [1.82, 2.24) is 4.72 Å². The minimum Gasteiger partial charge on any atom is -0.326 e. The number of sulfonamides is 1. The minimum absolute atomic E-state index is 0.0974. The van der Waals surface area contributed by atoms with E-state index in [0.717, 1.165) is 24.3 Å². The zero-order chi connectivity index (χ0) is 13.9. The predicted molar refractivity (Wildman–Crippen MR) is 75.0 cm³/mol. The standard InChI is InChI=1S/C12H17FN2O2S2/c13-11-7-9(8-14)1-2-12(11)19(16,17)15-10-3-5-18-6-4-10/h1-2,7,10,15H,3-6,8,14H2. The van der Waals surface area contributed by atoms with Crippen LogP contribution in [-0.4, -0.2) is 26.0 Å². The maximum atomic E-state index is 13.8. The van der Waals surface area contributed by atoms with E-state index in [9.17, 15) is 12.8 Å². The molecule has 1 aromatic rings. The van der Waals surface area contributed by atoms with E-state index in [1.165, 1.54) is 18.2 Å². The third-order valence-corrected chi connectivity index (χ3v) is 5.67. The van der Waals surface area contributed by atoms with Gasteiger partial charge in [0, 0.05) is 12.6 Å². The van der Waals surface area contributed by atoms with Crippen molar-refractivity contribution in [2.24, 2.45) is 5.73 Å². The molecule has 106 valence electrons. The van der Waals surface area contributed by atoms with Crippen molar-refractivity contribution in [3.05, 3.63) is 29.6 Å². The molecule has 1 aliphatic heterocycles. The van der Waals surface area contributed by atoms with E-state index in [1.54, 1.807) is 11.8 Å². The molecule has 4 nitrogen and oxygen atoms in total. The average molecular weight is 304 g/mol. The zero-order valence-electron chi connectivity index (χ0n) is 10.4. The summed E-state index contributed by atoms with van der Waals surface area (Å²) >= 11 is 1.81. The highest BCUT2D eigenvalue weighted by Gasteiger charge is 2.24. The Labute approximate surface area is 117 Å². The summed E-state index contributed by atoms with van der Waals surface area (Å²) in [5.74, 6) is 1.12. The maximum Gasteiger partial charge on any atom is 0.243 e. The second-order valence-corrected chi connectivity index (χ2v) is 7.38. The molecule has 0 radical (unpaired) electrons. The molecule has 0 saturated carbocycles. The molecule has 19 heavy (non-hydrogen) atoms. The molecule has 0 spiro atoms. The Morgan fingerprint density at radius 2 is 2.05 bits per heavy atom. The fourth-order valence-corrected chi connectivity index (χ4v) is 4.46. The van der Waals surface area contributed by atoms with Crippen LogP contribution in [0.25, 0.3) is 0 Å². The van der Waals surface area contributed by atoms with Gasteiger partial charge in [-0.1, -0.05) is 6.07 Å². The van der Waals surface area contributed by atoms with Gasteiger partial charge in [-0.2, -0.15) is 11.8 Å². The largest absolute Gasteiger partial charge is 0.326 e. The van der Waals surface area contributed by atoms with Gasteiger partial charge in [-0.15, -0.1) is 0 Å². The highest BCUT2D eigenvalue weighted by atomic mass is 32.2. The molecule has 0 unspecified atom stereocenters. The van der Waals surface area contributed by atoms with Crippen molar-refractivity contribution in [3.63, 3.8) is 0 Å². The summed E-state index contributed by atoms with van der Waals surface area (Å²) < 4.78 is 40.6. The SMILES string of the molecule is NCc1ccc(S(=O)(=O)NC2CCSCC2)c(F)c1. The smallest absolute Gasteiger partial charge is 0.243 e. The number of rotatable bonds is 4. The highest BCUT2D eigenvalue weighted by molar-refractivity contribution is 7.99. The number of thioether (sulfide) groups is 1. The molecule has 1 heterocycles. The summed E-state index contributed by atoms with van der Waals surface area (Å²) in [4.78, 5) is -0.303. The zero-order valence-corrected chi connectivity index (χ0v) is 12.1. The molecular weight excluding hydrogens is 287 g/mol. The fourth-order valence-electron chi connectivity index (χ4n) is 1.99. The van der Waals surface area contributed by atoms with Gasteiger partial charge in [0.15, 0.2) is 0 Å². The predicted octanol–water partition coefficient (Wildman–Crippen LogP) is 1.46. The van der Waals surface area contributed by atoms with E-state index in [1.807, 2.05) is 0 Å². The number of halogens is 1. The van der Waals surface area contributed by atoms with Crippen LogP contribution in [0.15, 0.2) is 23.1 Å². The molecule has 1 aliphatic rings. The van der Waals surface area contributed by atoms with Gasteiger partial charge in [0.25, 0.3) is 0 Å². The maximum absolute atomic E-state index is 13.8. The molecule has 0 bridgehead atoms. The first kappa shape index (κ1) is 14.8. The summed E-state index contributed by atoms with van der Waals surface area (Å²) in [7, 11) is -3.79. The lowest BCUT2D eigenvalue weighted by Gasteiger charge is -2.22. The van der Waals surface area contributed by atoms with Gasteiger partial charge < -0.3 is 5.73 Å². The topological polar surface area (TPSA) is 72.2 Å². The van der Waals surface area contributed by atoms with Crippen molar-refractivity contribution in [2.45, 2.75) is 30.3 Å². The molecule has 0 amide bonds. The van der Waals surface area contributed by atoms with Crippen molar-refractivity contribution < 1.29 is 12.8 Å². The van der Waals surface area contributed by atoms with E-state index in [2.05, 4.69) is 4.72 Å². The summed E-state index contributed by atoms with van der Waals surface area (Å²) in [6.45, 7) is 0.185. The second kappa shape index (κ2) is 6.21. The Morgan fingerprint density at radius 1 is 1.37 bits per heavy atom. The van der Waals surface area contributed by atoms with Crippen molar-refractivity contribution in [3.8, 4) is 0 Å². The molecule has 1 fully saturated rings. The molecular formula is C12H17FN2O2S2. The molecule has 0 aliphatic carbocycles. The van der Waals surface area contributed by atoms with E-state index in [0.29, 0.717) is 5.56 Å². The van der Waals surface area contributed by atoms with Gasteiger partial charge in [0.2, 0.25) is 10.0 Å². The summed E-state index contributed by atoms with van der Waals surface area (Å²) in [5, 5.41) is 0. The third kappa shape index (κ3) is 3.68. The monoisotopic (exact) mass is 304 g/mol. The summed E-state index contributed by atoms with van der Waals surface area (Å²) in [5.41, 5.74) is 5.97. The average Bonchev–Trinajstić information content (AvgIpc) is 2.38. The number of hydrogen-bond acceptors (Lipinski definition) is 4. The van der Waals surface area contributed by atoms with E-state index < -0.39 is 15.8 Å². The Hall–Kier alpha value is -0.630. The fraction of sp³-hybridized carbons (Fsp3) is 0.500. The van der Waals surface area contributed by atoms with E-state index >= 15 is 0 Å². The first-order valence-corrected chi connectivity index (χ1v) is 8.75. The minimum atomic E-state index is -3.79.